The minimum Gasteiger partial charge on any atom is -0.487 e. The van der Waals surface area contributed by atoms with E-state index in [1.165, 1.54) is 7.11 Å². The van der Waals surface area contributed by atoms with Crippen LogP contribution in [-0.4, -0.2) is 80.1 Å². The Bertz CT molecular complexity index is 1110. The minimum absolute atomic E-state index is 0.205. The highest BCUT2D eigenvalue weighted by Crippen LogP contribution is 2.60. The van der Waals surface area contributed by atoms with E-state index in [4.69, 9.17) is 18.9 Å². The van der Waals surface area contributed by atoms with Gasteiger partial charge in [0.1, 0.15) is 30.2 Å². The lowest BCUT2D eigenvalue weighted by molar-refractivity contribution is -0.144. The standard InChI is InChI=1S/C29H34N2O6/c1-4-31(5-2)17-16-30-27(32)22-23(28(33)34-3)29(26-25(36-26)24(22)37-29)21(18-19-12-8-6-9-13-19)35-20-14-10-7-11-15-20/h6-15,21,24-26H,4-5,16-18H2,1-3H3,(H,30,32). The van der Waals surface area contributed by atoms with E-state index < -0.39 is 29.9 Å². The predicted octanol–water partition coefficient (Wildman–Crippen LogP) is 2.52. The summed E-state index contributed by atoms with van der Waals surface area (Å²) in [5, 5.41) is 2.99. The molecule has 3 aliphatic heterocycles. The Morgan fingerprint density at radius 3 is 2.38 bits per heavy atom. The number of para-hydroxylation sites is 1. The Morgan fingerprint density at radius 2 is 1.73 bits per heavy atom. The zero-order valence-electron chi connectivity index (χ0n) is 21.5. The van der Waals surface area contributed by atoms with Crippen molar-refractivity contribution >= 4 is 11.9 Å². The molecule has 5 atom stereocenters. The number of fused-ring (bicyclic) bond motifs is 5. The summed E-state index contributed by atoms with van der Waals surface area (Å²) in [6, 6.07) is 19.3. The van der Waals surface area contributed by atoms with Gasteiger partial charge in [0.05, 0.1) is 18.3 Å². The molecule has 0 saturated carbocycles. The van der Waals surface area contributed by atoms with Crippen molar-refractivity contribution in [2.24, 2.45) is 0 Å². The Balaban J connectivity index is 1.51. The zero-order valence-corrected chi connectivity index (χ0v) is 21.5. The third-order valence-electron chi connectivity index (χ3n) is 7.52. The van der Waals surface area contributed by atoms with Gasteiger partial charge in [-0.15, -0.1) is 0 Å². The molecule has 8 heteroatoms. The average molecular weight is 507 g/mol. The first-order chi connectivity index (χ1) is 18.0. The Morgan fingerprint density at radius 1 is 1.05 bits per heavy atom. The summed E-state index contributed by atoms with van der Waals surface area (Å²) in [6.45, 7) is 7.13. The first-order valence-corrected chi connectivity index (χ1v) is 13.0. The van der Waals surface area contributed by atoms with Gasteiger partial charge in [0, 0.05) is 19.5 Å². The maximum Gasteiger partial charge on any atom is 0.337 e. The van der Waals surface area contributed by atoms with E-state index in [-0.39, 0.29) is 17.6 Å². The van der Waals surface area contributed by atoms with Crippen LogP contribution in [0.2, 0.25) is 0 Å². The number of nitrogens with zero attached hydrogens (tertiary/aromatic N) is 1. The predicted molar refractivity (Wildman–Crippen MR) is 137 cm³/mol. The van der Waals surface area contributed by atoms with Gasteiger partial charge in [0.15, 0.2) is 5.60 Å². The molecular formula is C29H34N2O6. The lowest BCUT2D eigenvalue weighted by Gasteiger charge is -2.36. The molecule has 2 bridgehead atoms. The fraction of sp³-hybridized carbons (Fsp3) is 0.448. The molecule has 1 amide bonds. The van der Waals surface area contributed by atoms with Gasteiger partial charge in [-0.2, -0.15) is 0 Å². The van der Waals surface area contributed by atoms with E-state index in [1.807, 2.05) is 60.7 Å². The summed E-state index contributed by atoms with van der Waals surface area (Å²) in [4.78, 5) is 29.0. The van der Waals surface area contributed by atoms with Gasteiger partial charge in [-0.1, -0.05) is 62.4 Å². The van der Waals surface area contributed by atoms with Crippen LogP contribution >= 0.6 is 0 Å². The number of ether oxygens (including phenoxy) is 4. The van der Waals surface area contributed by atoms with Crippen molar-refractivity contribution in [2.45, 2.75) is 50.3 Å². The number of rotatable bonds is 12. The molecular weight excluding hydrogens is 472 g/mol. The second-order valence-corrected chi connectivity index (χ2v) is 9.53. The summed E-state index contributed by atoms with van der Waals surface area (Å²) in [7, 11) is 1.32. The molecule has 1 N–H and O–H groups in total. The van der Waals surface area contributed by atoms with Gasteiger partial charge < -0.3 is 29.2 Å². The number of likely N-dealkylation sites (N-methyl/N-ethyl adjacent to an activating group) is 1. The fourth-order valence-electron chi connectivity index (χ4n) is 5.59. The number of amides is 1. The Kier molecular flexibility index (Phi) is 7.33. The summed E-state index contributed by atoms with van der Waals surface area (Å²) in [5.41, 5.74) is 0.249. The van der Waals surface area contributed by atoms with Crippen LogP contribution in [-0.2, 0) is 30.2 Å². The van der Waals surface area contributed by atoms with Gasteiger partial charge in [0.2, 0.25) is 0 Å². The van der Waals surface area contributed by atoms with Gasteiger partial charge in [-0.25, -0.2) is 4.79 Å². The molecule has 0 aliphatic carbocycles. The fourth-order valence-corrected chi connectivity index (χ4v) is 5.59. The molecule has 0 radical (unpaired) electrons. The van der Waals surface area contributed by atoms with Crippen LogP contribution in [0.15, 0.2) is 71.8 Å². The quantitative estimate of drug-likeness (QED) is 0.350. The highest BCUT2D eigenvalue weighted by molar-refractivity contribution is 6.07. The largest absolute Gasteiger partial charge is 0.487 e. The van der Waals surface area contributed by atoms with Crippen LogP contribution in [0.4, 0.5) is 0 Å². The molecule has 2 aromatic rings. The second-order valence-electron chi connectivity index (χ2n) is 9.53. The Labute approximate surface area is 217 Å². The molecule has 37 heavy (non-hydrogen) atoms. The third kappa shape index (κ3) is 4.65. The van der Waals surface area contributed by atoms with Crippen LogP contribution in [0.1, 0.15) is 19.4 Å². The monoisotopic (exact) mass is 506 g/mol. The number of benzene rings is 2. The SMILES string of the molecule is CCN(CC)CCNC(=O)C1=C(C(=O)OC)C2(C(Cc3ccccc3)Oc3ccccc3)OC1C1OC12. The highest BCUT2D eigenvalue weighted by atomic mass is 16.7. The summed E-state index contributed by atoms with van der Waals surface area (Å²) in [5.74, 6) is -0.282. The van der Waals surface area contributed by atoms with E-state index in [9.17, 15) is 9.59 Å². The Hall–Kier alpha value is -3.20. The normalized spacial score (nSPS) is 26.1. The molecule has 2 aromatic carbocycles. The average Bonchev–Trinajstić information content (AvgIpc) is 3.59. The van der Waals surface area contributed by atoms with Crippen LogP contribution in [0.3, 0.4) is 0 Å². The van der Waals surface area contributed by atoms with E-state index in [0.717, 1.165) is 18.7 Å². The number of hydrogen-bond acceptors (Lipinski definition) is 7. The number of epoxide rings is 1. The summed E-state index contributed by atoms with van der Waals surface area (Å²) >= 11 is 0. The highest BCUT2D eigenvalue weighted by Gasteiger charge is 2.78. The van der Waals surface area contributed by atoms with E-state index >= 15 is 0 Å². The van der Waals surface area contributed by atoms with E-state index in [1.54, 1.807) is 0 Å². The maximum atomic E-state index is 13.5. The molecule has 196 valence electrons. The lowest BCUT2D eigenvalue weighted by atomic mass is 9.76. The maximum absolute atomic E-state index is 13.5. The molecule has 3 heterocycles. The number of methoxy groups -OCH3 is 1. The van der Waals surface area contributed by atoms with Crippen molar-refractivity contribution in [3.8, 4) is 5.75 Å². The van der Waals surface area contributed by atoms with Crippen molar-refractivity contribution < 1.29 is 28.5 Å². The van der Waals surface area contributed by atoms with Crippen molar-refractivity contribution in [1.82, 2.24) is 10.2 Å². The van der Waals surface area contributed by atoms with Crippen LogP contribution in [0.5, 0.6) is 5.75 Å². The minimum atomic E-state index is -1.26. The van der Waals surface area contributed by atoms with Crippen LogP contribution in [0, 0.1) is 0 Å². The number of nitrogens with one attached hydrogen (secondary N) is 1. The van der Waals surface area contributed by atoms with Gasteiger partial charge >= 0.3 is 5.97 Å². The summed E-state index contributed by atoms with van der Waals surface area (Å²) < 4.78 is 24.4. The molecule has 3 aliphatic rings. The number of carbonyl (C=O) groups is 2. The molecule has 8 nitrogen and oxygen atoms in total. The van der Waals surface area contributed by atoms with Crippen molar-refractivity contribution in [3.05, 3.63) is 77.4 Å². The first kappa shape index (κ1) is 25.4. The summed E-state index contributed by atoms with van der Waals surface area (Å²) in [6.07, 6.45) is -1.52. The van der Waals surface area contributed by atoms with Crippen molar-refractivity contribution in [2.75, 3.05) is 33.3 Å². The van der Waals surface area contributed by atoms with Gasteiger partial charge in [-0.05, 0) is 30.8 Å². The van der Waals surface area contributed by atoms with Crippen LogP contribution < -0.4 is 10.1 Å². The van der Waals surface area contributed by atoms with Crippen molar-refractivity contribution in [1.29, 1.82) is 0 Å². The van der Waals surface area contributed by atoms with E-state index in [2.05, 4.69) is 24.1 Å². The third-order valence-corrected chi connectivity index (χ3v) is 7.52. The molecule has 2 saturated heterocycles. The number of esters is 1. The zero-order chi connectivity index (χ0) is 26.0. The number of hydrogen-bond donors (Lipinski definition) is 1. The topological polar surface area (TPSA) is 89.6 Å². The molecule has 2 fully saturated rings. The van der Waals surface area contributed by atoms with Gasteiger partial charge in [0.25, 0.3) is 5.91 Å². The lowest BCUT2D eigenvalue weighted by Crippen LogP contribution is -2.54. The second kappa shape index (κ2) is 10.7. The van der Waals surface area contributed by atoms with Crippen molar-refractivity contribution in [3.63, 3.8) is 0 Å². The number of carbonyl (C=O) groups excluding carboxylic acids is 2. The van der Waals surface area contributed by atoms with Gasteiger partial charge in [-0.3, -0.25) is 4.79 Å². The van der Waals surface area contributed by atoms with E-state index in [0.29, 0.717) is 30.8 Å². The molecule has 0 aromatic heterocycles. The van der Waals surface area contributed by atoms with Crippen LogP contribution in [0.25, 0.3) is 0 Å². The molecule has 5 unspecified atom stereocenters. The smallest absolute Gasteiger partial charge is 0.337 e. The molecule has 0 spiro atoms. The molecule has 5 rings (SSSR count). The first-order valence-electron chi connectivity index (χ1n) is 13.0.